The van der Waals surface area contributed by atoms with E-state index >= 15 is 0 Å². The van der Waals surface area contributed by atoms with E-state index in [0.717, 1.165) is 16.5 Å². The number of fused-ring (bicyclic) bond motifs is 1. The van der Waals surface area contributed by atoms with Crippen LogP contribution < -0.4 is 5.32 Å². The summed E-state index contributed by atoms with van der Waals surface area (Å²) in [5.74, 6) is 0.636. The van der Waals surface area contributed by atoms with Crippen molar-refractivity contribution < 1.29 is 0 Å². The highest BCUT2D eigenvalue weighted by Crippen LogP contribution is 2.16. The van der Waals surface area contributed by atoms with Crippen molar-refractivity contribution >= 4 is 16.7 Å². The van der Waals surface area contributed by atoms with Crippen LogP contribution in [-0.2, 0) is 6.54 Å². The lowest BCUT2D eigenvalue weighted by Gasteiger charge is -2.07. The smallest absolute Gasteiger partial charge is 0.158 e. The number of rotatable bonds is 3. The van der Waals surface area contributed by atoms with Crippen molar-refractivity contribution in [3.8, 4) is 6.07 Å². The number of pyridine rings is 1. The summed E-state index contributed by atoms with van der Waals surface area (Å²) in [4.78, 5) is 12.5. The van der Waals surface area contributed by atoms with Crippen molar-refractivity contribution in [2.24, 2.45) is 0 Å². The second-order valence-electron chi connectivity index (χ2n) is 4.24. The molecule has 1 aromatic carbocycles. The number of nitrogens with one attached hydrogen (secondary N) is 1. The molecule has 3 rings (SSSR count). The first-order valence-corrected chi connectivity index (χ1v) is 6.15. The second kappa shape index (κ2) is 5.33. The van der Waals surface area contributed by atoms with Crippen molar-refractivity contribution in [3.05, 3.63) is 60.2 Å². The summed E-state index contributed by atoms with van der Waals surface area (Å²) in [5.41, 5.74) is 2.38. The van der Waals surface area contributed by atoms with Gasteiger partial charge in [0.25, 0.3) is 0 Å². The summed E-state index contributed by atoms with van der Waals surface area (Å²) < 4.78 is 0. The molecule has 0 spiro atoms. The Morgan fingerprint density at radius 1 is 1.05 bits per heavy atom. The van der Waals surface area contributed by atoms with Gasteiger partial charge in [0, 0.05) is 18.1 Å². The predicted octanol–water partition coefficient (Wildman–Crippen LogP) is 2.51. The molecule has 96 valence electrons. The number of para-hydroxylation sites is 1. The quantitative estimate of drug-likeness (QED) is 0.784. The van der Waals surface area contributed by atoms with Gasteiger partial charge in [-0.2, -0.15) is 5.26 Å². The highest BCUT2D eigenvalue weighted by Gasteiger charge is 2.02. The zero-order chi connectivity index (χ0) is 13.8. The average Bonchev–Trinajstić information content (AvgIpc) is 2.53. The second-order valence-corrected chi connectivity index (χ2v) is 4.24. The first-order valence-electron chi connectivity index (χ1n) is 6.15. The maximum Gasteiger partial charge on any atom is 0.158 e. The third kappa shape index (κ3) is 2.40. The van der Waals surface area contributed by atoms with Crippen LogP contribution in [0.2, 0.25) is 0 Å². The Kier molecular flexibility index (Phi) is 3.21. The van der Waals surface area contributed by atoms with Gasteiger partial charge in [0.05, 0.1) is 17.9 Å². The van der Waals surface area contributed by atoms with Gasteiger partial charge in [0.1, 0.15) is 11.9 Å². The highest BCUT2D eigenvalue weighted by molar-refractivity contribution is 5.81. The Bertz CT molecular complexity index is 769. The van der Waals surface area contributed by atoms with E-state index in [-0.39, 0.29) is 0 Å². The molecule has 20 heavy (non-hydrogen) atoms. The average molecular weight is 261 g/mol. The first-order chi connectivity index (χ1) is 9.86. The molecule has 5 nitrogen and oxygen atoms in total. The lowest BCUT2D eigenvalue weighted by atomic mass is 10.1. The molecule has 0 saturated heterocycles. The van der Waals surface area contributed by atoms with Gasteiger partial charge >= 0.3 is 0 Å². The van der Waals surface area contributed by atoms with E-state index < -0.39 is 0 Å². The zero-order valence-electron chi connectivity index (χ0n) is 10.6. The molecule has 2 heterocycles. The summed E-state index contributed by atoms with van der Waals surface area (Å²) in [6.45, 7) is 0.606. The van der Waals surface area contributed by atoms with Crippen LogP contribution in [-0.4, -0.2) is 15.0 Å². The third-order valence-electron chi connectivity index (χ3n) is 2.94. The highest BCUT2D eigenvalue weighted by atomic mass is 15.0. The topological polar surface area (TPSA) is 74.5 Å². The van der Waals surface area contributed by atoms with Crippen LogP contribution in [0.5, 0.6) is 0 Å². The summed E-state index contributed by atoms with van der Waals surface area (Å²) in [6.07, 6.45) is 4.79. The molecule has 0 amide bonds. The minimum Gasteiger partial charge on any atom is -0.365 e. The molecule has 0 radical (unpaired) electrons. The van der Waals surface area contributed by atoms with Gasteiger partial charge in [-0.15, -0.1) is 0 Å². The van der Waals surface area contributed by atoms with Crippen LogP contribution >= 0.6 is 0 Å². The number of benzene rings is 1. The van der Waals surface area contributed by atoms with Crippen molar-refractivity contribution in [2.75, 3.05) is 5.32 Å². The number of nitrogens with zero attached hydrogens (tertiary/aromatic N) is 4. The van der Waals surface area contributed by atoms with Gasteiger partial charge in [0.15, 0.2) is 5.69 Å². The van der Waals surface area contributed by atoms with Gasteiger partial charge in [-0.25, -0.2) is 9.97 Å². The van der Waals surface area contributed by atoms with Gasteiger partial charge in [-0.05, 0) is 11.6 Å². The summed E-state index contributed by atoms with van der Waals surface area (Å²) >= 11 is 0. The lowest BCUT2D eigenvalue weighted by molar-refractivity contribution is 1.08. The molecule has 3 aromatic rings. The minimum absolute atomic E-state index is 0.308. The lowest BCUT2D eigenvalue weighted by Crippen LogP contribution is -2.03. The summed E-state index contributed by atoms with van der Waals surface area (Å²) in [7, 11) is 0. The Balaban J connectivity index is 1.81. The first kappa shape index (κ1) is 12.1. The molecule has 2 aromatic heterocycles. The Hall–Kier alpha value is -3.00. The molecule has 0 atom stereocenters. The van der Waals surface area contributed by atoms with Crippen LogP contribution in [0.1, 0.15) is 11.3 Å². The van der Waals surface area contributed by atoms with Gasteiger partial charge in [-0.1, -0.05) is 24.3 Å². The standard InChI is InChI=1S/C15H11N5/c16-7-13-9-20-14(10-18-13)19-8-12-4-1-3-11-5-2-6-17-15(11)12/h1-6,9-10H,8H2,(H,19,20). The van der Waals surface area contributed by atoms with Gasteiger partial charge in [0.2, 0.25) is 0 Å². The van der Waals surface area contributed by atoms with Crippen molar-refractivity contribution in [2.45, 2.75) is 6.54 Å². The van der Waals surface area contributed by atoms with Crippen LogP contribution in [0.3, 0.4) is 0 Å². The van der Waals surface area contributed by atoms with Crippen molar-refractivity contribution in [1.82, 2.24) is 15.0 Å². The van der Waals surface area contributed by atoms with E-state index in [4.69, 9.17) is 5.26 Å². The summed E-state index contributed by atoms with van der Waals surface area (Å²) in [6, 6.07) is 12.0. The molecular weight excluding hydrogens is 250 g/mol. The molecule has 5 heteroatoms. The number of hydrogen-bond acceptors (Lipinski definition) is 5. The maximum atomic E-state index is 8.67. The molecule has 0 aliphatic carbocycles. The van der Waals surface area contributed by atoms with Crippen LogP contribution in [0.15, 0.2) is 48.9 Å². The molecule has 0 bridgehead atoms. The van der Waals surface area contributed by atoms with Crippen LogP contribution in [0.25, 0.3) is 10.9 Å². The SMILES string of the molecule is N#Cc1cnc(NCc2cccc3cccnc23)cn1. The Labute approximate surface area is 116 Å². The van der Waals surface area contributed by atoms with Crippen molar-refractivity contribution in [1.29, 1.82) is 5.26 Å². The van der Waals surface area contributed by atoms with E-state index in [9.17, 15) is 0 Å². The molecule has 0 aliphatic heterocycles. The predicted molar refractivity (Wildman–Crippen MR) is 75.8 cm³/mol. The van der Waals surface area contributed by atoms with Crippen LogP contribution in [0, 0.1) is 11.3 Å². The van der Waals surface area contributed by atoms with E-state index in [2.05, 4.69) is 20.3 Å². The maximum absolute atomic E-state index is 8.67. The normalized spacial score (nSPS) is 10.2. The summed E-state index contributed by atoms with van der Waals surface area (Å²) in [5, 5.41) is 13.0. The number of anilines is 1. The molecular formula is C15H11N5. The molecule has 1 N–H and O–H groups in total. The molecule has 0 unspecified atom stereocenters. The van der Waals surface area contributed by atoms with E-state index in [1.807, 2.05) is 36.4 Å². The number of aromatic nitrogens is 3. The van der Waals surface area contributed by atoms with E-state index in [0.29, 0.717) is 18.1 Å². The largest absolute Gasteiger partial charge is 0.365 e. The molecule has 0 saturated carbocycles. The van der Waals surface area contributed by atoms with E-state index in [1.54, 1.807) is 12.4 Å². The Morgan fingerprint density at radius 3 is 2.75 bits per heavy atom. The van der Waals surface area contributed by atoms with Crippen LogP contribution in [0.4, 0.5) is 5.82 Å². The van der Waals surface area contributed by atoms with Gasteiger partial charge in [-0.3, -0.25) is 4.98 Å². The fraction of sp³-hybridized carbons (Fsp3) is 0.0667. The van der Waals surface area contributed by atoms with E-state index in [1.165, 1.54) is 6.20 Å². The monoisotopic (exact) mass is 261 g/mol. The van der Waals surface area contributed by atoms with Crippen molar-refractivity contribution in [3.63, 3.8) is 0 Å². The number of hydrogen-bond donors (Lipinski definition) is 1. The molecule has 0 aliphatic rings. The third-order valence-corrected chi connectivity index (χ3v) is 2.94. The minimum atomic E-state index is 0.308. The number of nitriles is 1. The fourth-order valence-corrected chi connectivity index (χ4v) is 1.97. The zero-order valence-corrected chi connectivity index (χ0v) is 10.6. The Morgan fingerprint density at radius 2 is 1.95 bits per heavy atom. The molecule has 0 fully saturated rings. The fourth-order valence-electron chi connectivity index (χ4n) is 1.97. The van der Waals surface area contributed by atoms with Gasteiger partial charge < -0.3 is 5.32 Å².